The smallest absolute Gasteiger partial charge is 0.235 e. The minimum Gasteiger partial charge on any atom is -0.494 e. The number of amides is 1. The zero-order valence-electron chi connectivity index (χ0n) is 14.8. The first-order valence-electron chi connectivity index (χ1n) is 9.21. The summed E-state index contributed by atoms with van der Waals surface area (Å²) in [5.74, 6) is 0.935. The van der Waals surface area contributed by atoms with Crippen molar-refractivity contribution >= 4 is 11.6 Å². The maximum Gasteiger partial charge on any atom is 0.235 e. The molecule has 1 amide bonds. The molecule has 3 N–H and O–H groups in total. The molecule has 0 unspecified atom stereocenters. The van der Waals surface area contributed by atoms with Gasteiger partial charge < -0.3 is 25.2 Å². The maximum atomic E-state index is 12.7. The van der Waals surface area contributed by atoms with Gasteiger partial charge in [0.15, 0.2) is 0 Å². The van der Waals surface area contributed by atoms with Crippen LogP contribution in [0, 0.1) is 0 Å². The highest BCUT2D eigenvalue weighted by Gasteiger charge is 2.48. The van der Waals surface area contributed by atoms with Crippen LogP contribution in [0.5, 0.6) is 5.75 Å². The summed E-state index contributed by atoms with van der Waals surface area (Å²) in [7, 11) is 0. The largest absolute Gasteiger partial charge is 0.494 e. The Balaban J connectivity index is 1.61. The number of aliphatic hydroxyl groups is 1. The van der Waals surface area contributed by atoms with Crippen LogP contribution in [-0.2, 0) is 14.9 Å². The third-order valence-electron chi connectivity index (χ3n) is 5.21. The van der Waals surface area contributed by atoms with Crippen molar-refractivity contribution < 1.29 is 19.4 Å². The van der Waals surface area contributed by atoms with Crippen molar-refractivity contribution in [3.8, 4) is 5.75 Å². The van der Waals surface area contributed by atoms with Crippen molar-refractivity contribution in [3.63, 3.8) is 0 Å². The first-order chi connectivity index (χ1) is 12.2. The van der Waals surface area contributed by atoms with Crippen LogP contribution in [0.3, 0.4) is 0 Å². The molecule has 6 nitrogen and oxygen atoms in total. The lowest BCUT2D eigenvalue weighted by Gasteiger charge is -2.35. The molecule has 2 aliphatic rings. The number of carbonyl (C=O) groups excluding carboxylic acids is 1. The lowest BCUT2D eigenvalue weighted by atomic mass is 9.69. The van der Waals surface area contributed by atoms with E-state index in [1.807, 2.05) is 25.1 Å². The molecule has 1 saturated carbocycles. The summed E-state index contributed by atoms with van der Waals surface area (Å²) in [6.45, 7) is 4.69. The maximum absolute atomic E-state index is 12.7. The highest BCUT2D eigenvalue weighted by atomic mass is 16.5. The van der Waals surface area contributed by atoms with Gasteiger partial charge >= 0.3 is 0 Å². The van der Waals surface area contributed by atoms with Crippen LogP contribution >= 0.6 is 0 Å². The molecule has 1 aromatic carbocycles. The summed E-state index contributed by atoms with van der Waals surface area (Å²) in [6, 6.07) is 5.88. The molecule has 25 heavy (non-hydrogen) atoms. The quantitative estimate of drug-likeness (QED) is 0.625. The van der Waals surface area contributed by atoms with E-state index in [4.69, 9.17) is 14.6 Å². The molecule has 3 rings (SSSR count). The van der Waals surface area contributed by atoms with Gasteiger partial charge in [-0.05, 0) is 56.4 Å². The molecule has 6 heteroatoms. The first kappa shape index (κ1) is 18.2. The van der Waals surface area contributed by atoms with E-state index >= 15 is 0 Å². The Morgan fingerprint density at radius 1 is 1.32 bits per heavy atom. The Kier molecular flexibility index (Phi) is 5.93. The summed E-state index contributed by atoms with van der Waals surface area (Å²) in [5.41, 5.74) is 1.56. The number of hydrogen-bond donors (Lipinski definition) is 3. The molecule has 0 bridgehead atoms. The lowest BCUT2D eigenvalue weighted by Crippen LogP contribution is -2.40. The molecule has 0 saturated heterocycles. The Morgan fingerprint density at radius 3 is 2.84 bits per heavy atom. The van der Waals surface area contributed by atoms with Crippen LogP contribution in [0.2, 0.25) is 0 Å². The zero-order chi connectivity index (χ0) is 17.7. The van der Waals surface area contributed by atoms with Crippen molar-refractivity contribution in [2.24, 2.45) is 0 Å². The van der Waals surface area contributed by atoms with Gasteiger partial charge in [0, 0.05) is 18.8 Å². The summed E-state index contributed by atoms with van der Waals surface area (Å²) in [5, 5.41) is 14.9. The molecule has 1 spiro atoms. The third-order valence-corrected chi connectivity index (χ3v) is 5.21. The Morgan fingerprint density at radius 2 is 2.12 bits per heavy atom. The highest BCUT2D eigenvalue weighted by molar-refractivity contribution is 6.06. The molecule has 1 fully saturated rings. The fourth-order valence-electron chi connectivity index (χ4n) is 3.90. The van der Waals surface area contributed by atoms with Crippen molar-refractivity contribution in [1.82, 2.24) is 5.32 Å². The Hall–Kier alpha value is -1.63. The van der Waals surface area contributed by atoms with E-state index in [-0.39, 0.29) is 18.6 Å². The van der Waals surface area contributed by atoms with Gasteiger partial charge in [-0.15, -0.1) is 0 Å². The van der Waals surface area contributed by atoms with Crippen LogP contribution in [0.1, 0.15) is 38.2 Å². The van der Waals surface area contributed by atoms with E-state index in [0.717, 1.165) is 49.2 Å². The van der Waals surface area contributed by atoms with Crippen LogP contribution in [0.15, 0.2) is 18.2 Å². The molecule has 0 atom stereocenters. The highest BCUT2D eigenvalue weighted by Crippen LogP contribution is 2.48. The number of carbonyl (C=O) groups is 1. The van der Waals surface area contributed by atoms with Gasteiger partial charge in [0.2, 0.25) is 5.91 Å². The van der Waals surface area contributed by atoms with Crippen LogP contribution < -0.4 is 15.4 Å². The molecule has 0 aromatic heterocycles. The average molecular weight is 348 g/mol. The minimum absolute atomic E-state index is 0.110. The number of fused-ring (bicyclic) bond motifs is 2. The first-order valence-corrected chi connectivity index (χ1v) is 9.21. The lowest BCUT2D eigenvalue weighted by molar-refractivity contribution is -0.123. The minimum atomic E-state index is -0.433. The Labute approximate surface area is 148 Å². The van der Waals surface area contributed by atoms with Gasteiger partial charge in [0.05, 0.1) is 31.3 Å². The third kappa shape index (κ3) is 3.81. The predicted octanol–water partition coefficient (Wildman–Crippen LogP) is 1.82. The van der Waals surface area contributed by atoms with E-state index in [2.05, 4.69) is 10.6 Å². The van der Waals surface area contributed by atoms with Crippen LogP contribution in [-0.4, -0.2) is 50.0 Å². The van der Waals surface area contributed by atoms with E-state index in [9.17, 15) is 4.79 Å². The number of rotatable bonds is 8. The number of ether oxygens (including phenoxy) is 2. The molecule has 1 heterocycles. The summed E-state index contributed by atoms with van der Waals surface area (Å²) >= 11 is 0. The molecule has 0 radical (unpaired) electrons. The van der Waals surface area contributed by atoms with Gasteiger partial charge in [-0.2, -0.15) is 0 Å². The number of benzene rings is 1. The zero-order valence-corrected chi connectivity index (χ0v) is 14.8. The number of hydrogen-bond acceptors (Lipinski definition) is 5. The van der Waals surface area contributed by atoms with Crippen molar-refractivity contribution in [1.29, 1.82) is 0 Å². The van der Waals surface area contributed by atoms with Gasteiger partial charge in [-0.3, -0.25) is 4.79 Å². The summed E-state index contributed by atoms with van der Waals surface area (Å²) in [6.07, 6.45) is 3.57. The monoisotopic (exact) mass is 348 g/mol. The van der Waals surface area contributed by atoms with E-state index in [1.165, 1.54) is 0 Å². The fraction of sp³-hybridized carbons (Fsp3) is 0.632. The van der Waals surface area contributed by atoms with Gasteiger partial charge in [-0.1, -0.05) is 0 Å². The molecular weight excluding hydrogens is 320 g/mol. The standard InChI is InChI=1S/C19H28N2O4/c1-2-24-15-3-4-17-16(13-15)19(18(23)21-17)7-5-14(6-8-19)25-12-10-20-9-11-22/h3-4,13-14,20,22H,2,5-12H2,1H3,(H,21,23). The predicted molar refractivity (Wildman–Crippen MR) is 96.1 cm³/mol. The summed E-state index contributed by atoms with van der Waals surface area (Å²) < 4.78 is 11.5. The van der Waals surface area contributed by atoms with Crippen molar-refractivity contribution in [2.75, 3.05) is 38.2 Å². The normalized spacial score (nSPS) is 25.0. The fourth-order valence-corrected chi connectivity index (χ4v) is 3.90. The van der Waals surface area contributed by atoms with Gasteiger partial charge in [0.1, 0.15) is 5.75 Å². The molecule has 1 aromatic rings. The molecule has 1 aliphatic heterocycles. The van der Waals surface area contributed by atoms with Crippen LogP contribution in [0.4, 0.5) is 5.69 Å². The van der Waals surface area contributed by atoms with Gasteiger partial charge in [-0.25, -0.2) is 0 Å². The molecular formula is C19H28N2O4. The van der Waals surface area contributed by atoms with Crippen LogP contribution in [0.25, 0.3) is 0 Å². The summed E-state index contributed by atoms with van der Waals surface area (Å²) in [4.78, 5) is 12.7. The second-order valence-electron chi connectivity index (χ2n) is 6.72. The molecule has 138 valence electrons. The second-order valence-corrected chi connectivity index (χ2v) is 6.72. The Bertz CT molecular complexity index is 597. The number of nitrogens with one attached hydrogen (secondary N) is 2. The SMILES string of the molecule is CCOc1ccc2c(c1)C1(CCC(OCCNCCO)CC1)C(=O)N2. The van der Waals surface area contributed by atoms with E-state index < -0.39 is 5.41 Å². The number of anilines is 1. The molecule has 1 aliphatic carbocycles. The average Bonchev–Trinajstić information content (AvgIpc) is 2.88. The van der Waals surface area contributed by atoms with E-state index in [0.29, 0.717) is 19.8 Å². The van der Waals surface area contributed by atoms with Crippen molar-refractivity contribution in [2.45, 2.75) is 44.1 Å². The van der Waals surface area contributed by atoms with E-state index in [1.54, 1.807) is 0 Å². The van der Waals surface area contributed by atoms with Gasteiger partial charge in [0.25, 0.3) is 0 Å². The number of aliphatic hydroxyl groups excluding tert-OH is 1. The van der Waals surface area contributed by atoms with Crippen molar-refractivity contribution in [3.05, 3.63) is 23.8 Å². The topological polar surface area (TPSA) is 79.8 Å². The second kappa shape index (κ2) is 8.17.